The molecule has 0 aliphatic heterocycles. The molecule has 0 amide bonds. The van der Waals surface area contributed by atoms with Crippen molar-refractivity contribution in [2.75, 3.05) is 0 Å². The summed E-state index contributed by atoms with van der Waals surface area (Å²) >= 11 is 0. The number of carbonyl (C=O) groups is 1. The molecular formula is C16H25NO2. The SMILES string of the molecule is CCCCCCCCCCc1ccncc1C(=O)O. The van der Waals surface area contributed by atoms with Gasteiger partial charge in [-0.25, -0.2) is 4.79 Å². The van der Waals surface area contributed by atoms with Gasteiger partial charge in [0.15, 0.2) is 0 Å². The highest BCUT2D eigenvalue weighted by atomic mass is 16.4. The molecule has 0 bridgehead atoms. The molecule has 19 heavy (non-hydrogen) atoms. The zero-order chi connectivity index (χ0) is 13.9. The van der Waals surface area contributed by atoms with Gasteiger partial charge in [0, 0.05) is 12.4 Å². The molecule has 0 aliphatic carbocycles. The molecule has 1 rings (SSSR count). The Balaban J connectivity index is 2.17. The number of pyridine rings is 1. The minimum atomic E-state index is -0.873. The van der Waals surface area contributed by atoms with Crippen LogP contribution in [0, 0.1) is 0 Å². The van der Waals surface area contributed by atoms with Gasteiger partial charge in [-0.15, -0.1) is 0 Å². The third-order valence-electron chi connectivity index (χ3n) is 3.44. The first-order chi connectivity index (χ1) is 9.25. The maximum absolute atomic E-state index is 11.0. The molecule has 1 aromatic heterocycles. The molecule has 0 unspecified atom stereocenters. The van der Waals surface area contributed by atoms with Gasteiger partial charge in [-0.05, 0) is 24.5 Å². The molecule has 0 aliphatic rings. The Labute approximate surface area is 116 Å². The Morgan fingerprint density at radius 2 is 1.74 bits per heavy atom. The lowest BCUT2D eigenvalue weighted by Gasteiger charge is -2.05. The van der Waals surface area contributed by atoms with Crippen molar-refractivity contribution in [1.82, 2.24) is 4.98 Å². The summed E-state index contributed by atoms with van der Waals surface area (Å²) in [4.78, 5) is 14.9. The Morgan fingerprint density at radius 1 is 1.11 bits per heavy atom. The number of carboxylic acid groups (broad SMARTS) is 1. The summed E-state index contributed by atoms with van der Waals surface area (Å²) in [6.07, 6.45) is 14.1. The smallest absolute Gasteiger partial charge is 0.337 e. The average molecular weight is 263 g/mol. The fourth-order valence-electron chi connectivity index (χ4n) is 2.28. The van der Waals surface area contributed by atoms with Gasteiger partial charge >= 0.3 is 5.97 Å². The lowest BCUT2D eigenvalue weighted by molar-refractivity contribution is 0.0695. The normalized spacial score (nSPS) is 10.6. The number of unbranched alkanes of at least 4 members (excludes halogenated alkanes) is 7. The molecule has 0 spiro atoms. The number of carboxylic acids is 1. The van der Waals surface area contributed by atoms with E-state index in [1.807, 2.05) is 6.07 Å². The van der Waals surface area contributed by atoms with Crippen LogP contribution in [0.25, 0.3) is 0 Å². The maximum Gasteiger partial charge on any atom is 0.337 e. The van der Waals surface area contributed by atoms with E-state index >= 15 is 0 Å². The van der Waals surface area contributed by atoms with Crippen LogP contribution < -0.4 is 0 Å². The van der Waals surface area contributed by atoms with Crippen molar-refractivity contribution in [3.63, 3.8) is 0 Å². The first-order valence-electron chi connectivity index (χ1n) is 7.42. The predicted molar refractivity (Wildman–Crippen MR) is 77.5 cm³/mol. The molecule has 0 saturated heterocycles. The van der Waals surface area contributed by atoms with Gasteiger partial charge in [0.1, 0.15) is 0 Å². The molecular weight excluding hydrogens is 238 g/mol. The Kier molecular flexibility index (Phi) is 7.87. The number of hydrogen-bond donors (Lipinski definition) is 1. The van der Waals surface area contributed by atoms with Crippen LogP contribution in [0.1, 0.15) is 74.2 Å². The van der Waals surface area contributed by atoms with Crippen molar-refractivity contribution in [2.45, 2.75) is 64.7 Å². The van der Waals surface area contributed by atoms with Crippen molar-refractivity contribution in [2.24, 2.45) is 0 Å². The van der Waals surface area contributed by atoms with Crippen LogP contribution in [0.4, 0.5) is 0 Å². The van der Waals surface area contributed by atoms with E-state index in [-0.39, 0.29) is 0 Å². The topological polar surface area (TPSA) is 50.2 Å². The largest absolute Gasteiger partial charge is 0.478 e. The molecule has 3 nitrogen and oxygen atoms in total. The molecule has 1 heterocycles. The number of aromatic nitrogens is 1. The van der Waals surface area contributed by atoms with Crippen LogP contribution in [0.15, 0.2) is 18.5 Å². The number of hydrogen-bond acceptors (Lipinski definition) is 2. The van der Waals surface area contributed by atoms with Crippen molar-refractivity contribution < 1.29 is 9.90 Å². The molecule has 0 radical (unpaired) electrons. The van der Waals surface area contributed by atoms with E-state index in [0.29, 0.717) is 5.56 Å². The van der Waals surface area contributed by atoms with E-state index in [1.165, 1.54) is 51.1 Å². The van der Waals surface area contributed by atoms with Crippen molar-refractivity contribution in [1.29, 1.82) is 0 Å². The molecule has 0 atom stereocenters. The zero-order valence-corrected chi connectivity index (χ0v) is 11.9. The van der Waals surface area contributed by atoms with Crippen LogP contribution in [0.3, 0.4) is 0 Å². The molecule has 0 aromatic carbocycles. The summed E-state index contributed by atoms with van der Waals surface area (Å²) in [6.45, 7) is 2.23. The molecule has 106 valence electrons. The predicted octanol–water partition coefficient (Wildman–Crippen LogP) is 4.46. The fourth-order valence-corrected chi connectivity index (χ4v) is 2.28. The summed E-state index contributed by atoms with van der Waals surface area (Å²) in [5, 5.41) is 9.05. The number of aryl methyl sites for hydroxylation is 1. The van der Waals surface area contributed by atoms with E-state index in [2.05, 4.69) is 11.9 Å². The van der Waals surface area contributed by atoms with Crippen LogP contribution >= 0.6 is 0 Å². The quantitative estimate of drug-likeness (QED) is 0.634. The van der Waals surface area contributed by atoms with Gasteiger partial charge in [0.25, 0.3) is 0 Å². The number of aromatic carboxylic acids is 1. The van der Waals surface area contributed by atoms with Crippen molar-refractivity contribution in [3.05, 3.63) is 29.6 Å². The van der Waals surface area contributed by atoms with Gasteiger partial charge in [-0.1, -0.05) is 51.9 Å². The summed E-state index contributed by atoms with van der Waals surface area (Å²) in [5.41, 5.74) is 1.26. The molecule has 1 N–H and O–H groups in total. The number of rotatable bonds is 10. The maximum atomic E-state index is 11.0. The first kappa shape index (κ1) is 15.7. The second-order valence-electron chi connectivity index (χ2n) is 5.06. The molecule has 1 aromatic rings. The van der Waals surface area contributed by atoms with Crippen molar-refractivity contribution >= 4 is 5.97 Å². The lowest BCUT2D eigenvalue weighted by Crippen LogP contribution is -2.03. The summed E-state index contributed by atoms with van der Waals surface area (Å²) in [6, 6.07) is 1.82. The minimum Gasteiger partial charge on any atom is -0.478 e. The molecule has 3 heteroatoms. The van der Waals surface area contributed by atoms with Crippen LogP contribution in [0.5, 0.6) is 0 Å². The summed E-state index contributed by atoms with van der Waals surface area (Å²) < 4.78 is 0. The van der Waals surface area contributed by atoms with E-state index in [9.17, 15) is 4.79 Å². The first-order valence-corrected chi connectivity index (χ1v) is 7.42. The van der Waals surface area contributed by atoms with Gasteiger partial charge in [-0.3, -0.25) is 4.98 Å². The summed E-state index contributed by atoms with van der Waals surface area (Å²) in [5.74, 6) is -0.873. The Hall–Kier alpha value is -1.38. The van der Waals surface area contributed by atoms with Crippen molar-refractivity contribution in [3.8, 4) is 0 Å². The van der Waals surface area contributed by atoms with Gasteiger partial charge in [0.05, 0.1) is 5.56 Å². The van der Waals surface area contributed by atoms with Gasteiger partial charge in [-0.2, -0.15) is 0 Å². The van der Waals surface area contributed by atoms with E-state index in [0.717, 1.165) is 18.4 Å². The Bertz CT molecular complexity index is 377. The average Bonchev–Trinajstić information content (AvgIpc) is 2.42. The standard InChI is InChI=1S/C16H25NO2/c1-2-3-4-5-6-7-8-9-10-14-11-12-17-13-15(14)16(18)19/h11-13H,2-10H2,1H3,(H,18,19). The third-order valence-corrected chi connectivity index (χ3v) is 3.44. The van der Waals surface area contributed by atoms with Crippen LogP contribution in [0.2, 0.25) is 0 Å². The molecule has 0 saturated carbocycles. The fraction of sp³-hybridized carbons (Fsp3) is 0.625. The van der Waals surface area contributed by atoms with E-state index in [4.69, 9.17) is 5.11 Å². The van der Waals surface area contributed by atoms with E-state index < -0.39 is 5.97 Å². The van der Waals surface area contributed by atoms with Crippen LogP contribution in [-0.4, -0.2) is 16.1 Å². The van der Waals surface area contributed by atoms with Gasteiger partial charge < -0.3 is 5.11 Å². The Morgan fingerprint density at radius 3 is 2.37 bits per heavy atom. The van der Waals surface area contributed by atoms with Crippen LogP contribution in [-0.2, 0) is 6.42 Å². The molecule has 0 fully saturated rings. The van der Waals surface area contributed by atoms with E-state index in [1.54, 1.807) is 6.20 Å². The lowest BCUT2D eigenvalue weighted by atomic mass is 10.0. The highest BCUT2D eigenvalue weighted by Crippen LogP contribution is 2.13. The number of nitrogens with zero attached hydrogens (tertiary/aromatic N) is 1. The monoisotopic (exact) mass is 263 g/mol. The third kappa shape index (κ3) is 6.37. The highest BCUT2D eigenvalue weighted by molar-refractivity contribution is 5.88. The second kappa shape index (κ2) is 9.54. The second-order valence-corrected chi connectivity index (χ2v) is 5.06. The zero-order valence-electron chi connectivity index (χ0n) is 11.9. The van der Waals surface area contributed by atoms with Gasteiger partial charge in [0.2, 0.25) is 0 Å². The minimum absolute atomic E-state index is 0.352. The summed E-state index contributed by atoms with van der Waals surface area (Å²) in [7, 11) is 0. The highest BCUT2D eigenvalue weighted by Gasteiger charge is 2.08.